The zero-order valence-electron chi connectivity index (χ0n) is 8.63. The molecular formula is C11H21NO. The molecule has 2 rings (SSSR count). The molecule has 2 fully saturated rings. The van der Waals surface area contributed by atoms with E-state index in [9.17, 15) is 5.11 Å². The average molecular weight is 183 g/mol. The van der Waals surface area contributed by atoms with Crippen LogP contribution in [0.2, 0.25) is 0 Å². The molecule has 0 aromatic heterocycles. The van der Waals surface area contributed by atoms with E-state index in [2.05, 4.69) is 11.8 Å². The summed E-state index contributed by atoms with van der Waals surface area (Å²) in [5.74, 6) is 0. The maximum absolute atomic E-state index is 10.4. The van der Waals surface area contributed by atoms with Gasteiger partial charge in [0.05, 0.1) is 5.60 Å². The van der Waals surface area contributed by atoms with Gasteiger partial charge in [-0.2, -0.15) is 0 Å². The molecule has 1 aliphatic heterocycles. The van der Waals surface area contributed by atoms with Gasteiger partial charge >= 0.3 is 0 Å². The largest absolute Gasteiger partial charge is 0.388 e. The Bertz CT molecular complexity index is 177. The minimum Gasteiger partial charge on any atom is -0.388 e. The summed E-state index contributed by atoms with van der Waals surface area (Å²) in [7, 11) is 0. The second-order valence-electron chi connectivity index (χ2n) is 4.61. The molecule has 0 bridgehead atoms. The van der Waals surface area contributed by atoms with Crippen molar-refractivity contribution >= 4 is 0 Å². The Morgan fingerprint density at radius 2 is 2.00 bits per heavy atom. The van der Waals surface area contributed by atoms with E-state index in [1.807, 2.05) is 0 Å². The fourth-order valence-electron chi connectivity index (χ4n) is 3.02. The molecule has 2 atom stereocenters. The van der Waals surface area contributed by atoms with E-state index in [0.717, 1.165) is 12.8 Å². The minimum atomic E-state index is -0.357. The van der Waals surface area contributed by atoms with Gasteiger partial charge in [0.2, 0.25) is 0 Å². The molecule has 1 saturated heterocycles. The smallest absolute Gasteiger partial charge is 0.0799 e. The lowest BCUT2D eigenvalue weighted by atomic mass is 9.93. The van der Waals surface area contributed by atoms with Gasteiger partial charge in [-0.1, -0.05) is 6.92 Å². The summed E-state index contributed by atoms with van der Waals surface area (Å²) in [5, 5.41) is 10.4. The Balaban J connectivity index is 2.04. The van der Waals surface area contributed by atoms with Gasteiger partial charge in [-0.3, -0.25) is 4.90 Å². The molecule has 76 valence electrons. The Kier molecular flexibility index (Phi) is 2.61. The summed E-state index contributed by atoms with van der Waals surface area (Å²) in [6.45, 7) is 4.55. The number of aliphatic hydroxyl groups is 1. The molecule has 2 unspecified atom stereocenters. The normalized spacial score (nSPS) is 41.5. The van der Waals surface area contributed by atoms with Crippen molar-refractivity contribution in [3.63, 3.8) is 0 Å². The number of hydrogen-bond acceptors (Lipinski definition) is 2. The Hall–Kier alpha value is -0.0800. The second-order valence-corrected chi connectivity index (χ2v) is 4.61. The van der Waals surface area contributed by atoms with Crippen molar-refractivity contribution < 1.29 is 5.11 Å². The van der Waals surface area contributed by atoms with Gasteiger partial charge in [-0.05, 0) is 51.6 Å². The van der Waals surface area contributed by atoms with Crippen LogP contribution >= 0.6 is 0 Å². The lowest BCUT2D eigenvalue weighted by Crippen LogP contribution is -2.47. The van der Waals surface area contributed by atoms with Crippen LogP contribution in [-0.2, 0) is 0 Å². The summed E-state index contributed by atoms with van der Waals surface area (Å²) in [4.78, 5) is 2.51. The molecule has 13 heavy (non-hydrogen) atoms. The lowest BCUT2D eigenvalue weighted by molar-refractivity contribution is -0.0237. The van der Waals surface area contributed by atoms with Crippen LogP contribution < -0.4 is 0 Å². The molecule has 2 aliphatic rings. The first-order chi connectivity index (χ1) is 6.26. The first-order valence-corrected chi connectivity index (χ1v) is 5.73. The topological polar surface area (TPSA) is 23.5 Å². The van der Waals surface area contributed by atoms with Gasteiger partial charge < -0.3 is 5.11 Å². The molecule has 0 aromatic rings. The average Bonchev–Trinajstić information content (AvgIpc) is 2.73. The molecule has 1 aliphatic carbocycles. The van der Waals surface area contributed by atoms with E-state index < -0.39 is 0 Å². The van der Waals surface area contributed by atoms with Gasteiger partial charge in [0, 0.05) is 6.04 Å². The number of hydrogen-bond donors (Lipinski definition) is 1. The van der Waals surface area contributed by atoms with Gasteiger partial charge in [0.25, 0.3) is 0 Å². The van der Waals surface area contributed by atoms with Crippen molar-refractivity contribution in [3.8, 4) is 0 Å². The zero-order chi connectivity index (χ0) is 9.31. The van der Waals surface area contributed by atoms with Crippen molar-refractivity contribution in [3.05, 3.63) is 0 Å². The van der Waals surface area contributed by atoms with E-state index in [4.69, 9.17) is 0 Å². The fourth-order valence-corrected chi connectivity index (χ4v) is 3.02. The quantitative estimate of drug-likeness (QED) is 0.705. The SMILES string of the molecule is CCC1(O)CCCC1N1CCCC1. The maximum Gasteiger partial charge on any atom is 0.0799 e. The van der Waals surface area contributed by atoms with Crippen molar-refractivity contribution in [2.45, 2.75) is 57.1 Å². The third-order valence-electron chi connectivity index (χ3n) is 3.90. The zero-order valence-corrected chi connectivity index (χ0v) is 8.63. The van der Waals surface area contributed by atoms with Crippen molar-refractivity contribution in [1.82, 2.24) is 4.90 Å². The second kappa shape index (κ2) is 3.58. The molecule has 2 heteroatoms. The van der Waals surface area contributed by atoms with E-state index in [1.165, 1.54) is 38.8 Å². The summed E-state index contributed by atoms with van der Waals surface area (Å²) in [5.41, 5.74) is -0.357. The first-order valence-electron chi connectivity index (χ1n) is 5.73. The van der Waals surface area contributed by atoms with Crippen LogP contribution in [0.1, 0.15) is 45.4 Å². The monoisotopic (exact) mass is 183 g/mol. The van der Waals surface area contributed by atoms with Gasteiger partial charge in [-0.25, -0.2) is 0 Å². The lowest BCUT2D eigenvalue weighted by Gasteiger charge is -2.35. The number of likely N-dealkylation sites (tertiary alicyclic amines) is 1. The molecule has 0 aromatic carbocycles. The molecule has 1 heterocycles. The van der Waals surface area contributed by atoms with Crippen LogP contribution in [0.3, 0.4) is 0 Å². The molecule has 0 spiro atoms. The Morgan fingerprint density at radius 1 is 1.31 bits per heavy atom. The molecule has 0 radical (unpaired) electrons. The Morgan fingerprint density at radius 3 is 2.62 bits per heavy atom. The highest BCUT2D eigenvalue weighted by molar-refractivity contribution is 4.98. The van der Waals surface area contributed by atoms with Crippen LogP contribution in [0, 0.1) is 0 Å². The third-order valence-corrected chi connectivity index (χ3v) is 3.90. The highest BCUT2D eigenvalue weighted by Crippen LogP contribution is 2.37. The number of rotatable bonds is 2. The molecular weight excluding hydrogens is 162 g/mol. The molecule has 0 amide bonds. The molecule has 1 N–H and O–H groups in total. The highest BCUT2D eigenvalue weighted by atomic mass is 16.3. The molecule has 1 saturated carbocycles. The van der Waals surface area contributed by atoms with E-state index >= 15 is 0 Å². The number of nitrogens with zero attached hydrogens (tertiary/aromatic N) is 1. The highest BCUT2D eigenvalue weighted by Gasteiger charge is 2.43. The van der Waals surface area contributed by atoms with Crippen molar-refractivity contribution in [2.75, 3.05) is 13.1 Å². The van der Waals surface area contributed by atoms with E-state index in [1.54, 1.807) is 0 Å². The van der Waals surface area contributed by atoms with Gasteiger partial charge in [0.15, 0.2) is 0 Å². The van der Waals surface area contributed by atoms with Crippen LogP contribution in [0.4, 0.5) is 0 Å². The summed E-state index contributed by atoms with van der Waals surface area (Å²) in [6.07, 6.45) is 7.03. The minimum absolute atomic E-state index is 0.357. The third kappa shape index (κ3) is 1.62. The summed E-state index contributed by atoms with van der Waals surface area (Å²) < 4.78 is 0. The van der Waals surface area contributed by atoms with Crippen LogP contribution in [0.25, 0.3) is 0 Å². The van der Waals surface area contributed by atoms with Crippen LogP contribution in [0.5, 0.6) is 0 Å². The summed E-state index contributed by atoms with van der Waals surface area (Å²) >= 11 is 0. The van der Waals surface area contributed by atoms with Gasteiger partial charge in [-0.15, -0.1) is 0 Å². The Labute approximate surface area is 80.9 Å². The van der Waals surface area contributed by atoms with Crippen molar-refractivity contribution in [1.29, 1.82) is 0 Å². The first kappa shape index (κ1) is 9.47. The van der Waals surface area contributed by atoms with Gasteiger partial charge in [0.1, 0.15) is 0 Å². The summed E-state index contributed by atoms with van der Waals surface area (Å²) in [6, 6.07) is 0.472. The fraction of sp³-hybridized carbons (Fsp3) is 1.00. The van der Waals surface area contributed by atoms with E-state index in [-0.39, 0.29) is 5.60 Å². The standard InChI is InChI=1S/C11H21NO/c1-2-11(13)7-5-6-10(11)12-8-3-4-9-12/h10,13H,2-9H2,1H3. The van der Waals surface area contributed by atoms with E-state index in [0.29, 0.717) is 6.04 Å². The van der Waals surface area contributed by atoms with Crippen LogP contribution in [0.15, 0.2) is 0 Å². The predicted molar refractivity (Wildman–Crippen MR) is 53.7 cm³/mol. The molecule has 2 nitrogen and oxygen atoms in total. The van der Waals surface area contributed by atoms with Crippen LogP contribution in [-0.4, -0.2) is 34.7 Å². The predicted octanol–water partition coefficient (Wildman–Crippen LogP) is 1.78. The van der Waals surface area contributed by atoms with Crippen molar-refractivity contribution in [2.24, 2.45) is 0 Å². The maximum atomic E-state index is 10.4.